The Labute approximate surface area is 121 Å². The lowest BCUT2D eigenvalue weighted by atomic mass is 10.1. The van der Waals surface area contributed by atoms with Crippen LogP contribution in [0.5, 0.6) is 0 Å². The van der Waals surface area contributed by atoms with Gasteiger partial charge in [0.2, 0.25) is 0 Å². The lowest BCUT2D eigenvalue weighted by Gasteiger charge is -2.32. The van der Waals surface area contributed by atoms with Crippen LogP contribution in [0.25, 0.3) is 10.9 Å². The minimum absolute atomic E-state index is 0.302. The van der Waals surface area contributed by atoms with Crippen LogP contribution in [-0.4, -0.2) is 41.0 Å². The summed E-state index contributed by atoms with van der Waals surface area (Å²) in [6.45, 7) is 3.73. The average molecular weight is 321 g/mol. The molecule has 1 aromatic carbocycles. The summed E-state index contributed by atoms with van der Waals surface area (Å²) in [5.74, 6) is 0. The van der Waals surface area contributed by atoms with E-state index in [0.717, 1.165) is 37.1 Å². The minimum Gasteiger partial charge on any atom is -0.375 e. The van der Waals surface area contributed by atoms with E-state index in [1.54, 1.807) is 0 Å². The van der Waals surface area contributed by atoms with Gasteiger partial charge in [-0.25, -0.2) is 0 Å². The van der Waals surface area contributed by atoms with Crippen LogP contribution >= 0.6 is 15.9 Å². The van der Waals surface area contributed by atoms with Crippen LogP contribution in [0, 0.1) is 0 Å². The second-order valence-electron chi connectivity index (χ2n) is 4.87. The van der Waals surface area contributed by atoms with Crippen molar-refractivity contribution in [1.82, 2.24) is 9.88 Å². The predicted octanol–water partition coefficient (Wildman–Crippen LogP) is 2.83. The van der Waals surface area contributed by atoms with Gasteiger partial charge in [-0.15, -0.1) is 0 Å². The number of rotatable bonds is 3. The van der Waals surface area contributed by atoms with Crippen molar-refractivity contribution in [1.29, 1.82) is 0 Å². The fourth-order valence-corrected chi connectivity index (χ4v) is 2.94. The van der Waals surface area contributed by atoms with Gasteiger partial charge in [0.15, 0.2) is 0 Å². The first-order valence-electron chi connectivity index (χ1n) is 6.59. The largest absolute Gasteiger partial charge is 0.375 e. The Bertz CT molecular complexity index is 555. The van der Waals surface area contributed by atoms with Gasteiger partial charge in [-0.3, -0.25) is 9.88 Å². The van der Waals surface area contributed by atoms with Crippen LogP contribution in [0.3, 0.4) is 0 Å². The summed E-state index contributed by atoms with van der Waals surface area (Å²) in [5, 5.41) is 2.11. The van der Waals surface area contributed by atoms with Crippen LogP contribution < -0.4 is 0 Å². The number of hydrogen-bond acceptors (Lipinski definition) is 3. The molecule has 0 radical (unpaired) electrons. The van der Waals surface area contributed by atoms with E-state index in [-0.39, 0.29) is 0 Å². The summed E-state index contributed by atoms with van der Waals surface area (Å²) in [7, 11) is 0. The van der Waals surface area contributed by atoms with Crippen molar-refractivity contribution in [3.05, 3.63) is 42.1 Å². The standard InChI is InChI=1S/C15H17BrN2O/c16-9-14-11-18(7-8-19-14)10-13-4-1-3-12-5-2-6-17-15(12)13/h1-6,14H,7-11H2. The highest BCUT2D eigenvalue weighted by atomic mass is 79.9. The maximum absolute atomic E-state index is 5.68. The molecule has 2 heterocycles. The zero-order valence-electron chi connectivity index (χ0n) is 10.8. The number of para-hydroxylation sites is 1. The molecule has 1 aliphatic rings. The van der Waals surface area contributed by atoms with E-state index in [4.69, 9.17) is 4.74 Å². The summed E-state index contributed by atoms with van der Waals surface area (Å²) >= 11 is 3.50. The molecule has 100 valence electrons. The Hall–Kier alpha value is -0.970. The first-order chi connectivity index (χ1) is 9.36. The lowest BCUT2D eigenvalue weighted by molar-refractivity contribution is -0.0180. The van der Waals surface area contributed by atoms with E-state index < -0.39 is 0 Å². The molecule has 1 atom stereocenters. The first kappa shape index (κ1) is 13.0. The number of fused-ring (bicyclic) bond motifs is 1. The number of nitrogens with zero attached hydrogens (tertiary/aromatic N) is 2. The minimum atomic E-state index is 0.302. The molecule has 1 fully saturated rings. The van der Waals surface area contributed by atoms with Crippen LogP contribution in [0.1, 0.15) is 5.56 Å². The molecule has 0 bridgehead atoms. The first-order valence-corrected chi connectivity index (χ1v) is 7.71. The molecule has 0 spiro atoms. The fourth-order valence-electron chi connectivity index (χ4n) is 2.55. The van der Waals surface area contributed by atoms with Gasteiger partial charge in [-0.2, -0.15) is 0 Å². The molecule has 2 aromatic rings. The third-order valence-electron chi connectivity index (χ3n) is 3.51. The van der Waals surface area contributed by atoms with E-state index in [9.17, 15) is 0 Å². The van der Waals surface area contributed by atoms with Crippen molar-refractivity contribution < 1.29 is 4.74 Å². The number of aromatic nitrogens is 1. The van der Waals surface area contributed by atoms with Crippen molar-refractivity contribution in [2.75, 3.05) is 25.0 Å². The van der Waals surface area contributed by atoms with Gasteiger partial charge in [-0.1, -0.05) is 40.2 Å². The van der Waals surface area contributed by atoms with Crippen LogP contribution in [0.2, 0.25) is 0 Å². The van der Waals surface area contributed by atoms with E-state index >= 15 is 0 Å². The third-order valence-corrected chi connectivity index (χ3v) is 4.23. The molecule has 4 heteroatoms. The van der Waals surface area contributed by atoms with Gasteiger partial charge >= 0.3 is 0 Å². The molecule has 1 aliphatic heterocycles. The second kappa shape index (κ2) is 5.99. The molecule has 0 aliphatic carbocycles. The molecule has 19 heavy (non-hydrogen) atoms. The van der Waals surface area contributed by atoms with Crippen LogP contribution in [0.4, 0.5) is 0 Å². The topological polar surface area (TPSA) is 25.4 Å². The maximum atomic E-state index is 5.68. The molecule has 3 rings (SSSR count). The molecule has 0 saturated carbocycles. The Morgan fingerprint density at radius 2 is 2.21 bits per heavy atom. The highest BCUT2D eigenvalue weighted by molar-refractivity contribution is 9.09. The number of morpholine rings is 1. The van der Waals surface area contributed by atoms with Gasteiger partial charge in [0.05, 0.1) is 18.2 Å². The van der Waals surface area contributed by atoms with Gasteiger partial charge in [0.25, 0.3) is 0 Å². The zero-order valence-corrected chi connectivity index (χ0v) is 12.3. The summed E-state index contributed by atoms with van der Waals surface area (Å²) in [4.78, 5) is 6.96. The third kappa shape index (κ3) is 2.96. The average Bonchev–Trinajstić information content (AvgIpc) is 2.48. The van der Waals surface area contributed by atoms with Crippen LogP contribution in [0.15, 0.2) is 36.5 Å². The van der Waals surface area contributed by atoms with Crippen molar-refractivity contribution >= 4 is 26.8 Å². The maximum Gasteiger partial charge on any atom is 0.0799 e. The van der Waals surface area contributed by atoms with Gasteiger partial charge in [0.1, 0.15) is 0 Å². The summed E-state index contributed by atoms with van der Waals surface area (Å²) in [6.07, 6.45) is 2.17. The van der Waals surface area contributed by atoms with E-state index in [2.05, 4.69) is 50.1 Å². The Kier molecular flexibility index (Phi) is 4.11. The number of hydrogen-bond donors (Lipinski definition) is 0. The van der Waals surface area contributed by atoms with Gasteiger partial charge in [0, 0.05) is 36.5 Å². The molecule has 1 unspecified atom stereocenters. The Morgan fingerprint density at radius 1 is 1.32 bits per heavy atom. The van der Waals surface area contributed by atoms with Crippen LogP contribution in [-0.2, 0) is 11.3 Å². The highest BCUT2D eigenvalue weighted by Crippen LogP contribution is 2.19. The lowest BCUT2D eigenvalue weighted by Crippen LogP contribution is -2.42. The van der Waals surface area contributed by atoms with Gasteiger partial charge in [-0.05, 0) is 11.6 Å². The summed E-state index contributed by atoms with van der Waals surface area (Å²) < 4.78 is 5.68. The quantitative estimate of drug-likeness (QED) is 0.813. The van der Waals surface area contributed by atoms with Crippen molar-refractivity contribution in [3.63, 3.8) is 0 Å². The number of benzene rings is 1. The SMILES string of the molecule is BrCC1CN(Cc2cccc3cccnc23)CCO1. The molecule has 0 amide bonds. The fraction of sp³-hybridized carbons (Fsp3) is 0.400. The number of halogens is 1. The van der Waals surface area contributed by atoms with E-state index in [0.29, 0.717) is 6.10 Å². The summed E-state index contributed by atoms with van der Waals surface area (Å²) in [6, 6.07) is 10.5. The Morgan fingerprint density at radius 3 is 3.11 bits per heavy atom. The molecule has 3 nitrogen and oxygen atoms in total. The van der Waals surface area contributed by atoms with Crippen molar-refractivity contribution in [3.8, 4) is 0 Å². The number of ether oxygens (including phenoxy) is 1. The molecular weight excluding hydrogens is 304 g/mol. The second-order valence-corrected chi connectivity index (χ2v) is 5.52. The van der Waals surface area contributed by atoms with Crippen molar-refractivity contribution in [2.45, 2.75) is 12.6 Å². The Balaban J connectivity index is 1.81. The van der Waals surface area contributed by atoms with Gasteiger partial charge < -0.3 is 4.74 Å². The smallest absolute Gasteiger partial charge is 0.0799 e. The molecule has 1 saturated heterocycles. The molecule has 1 aromatic heterocycles. The predicted molar refractivity (Wildman–Crippen MR) is 80.6 cm³/mol. The molecule has 0 N–H and O–H groups in total. The van der Waals surface area contributed by atoms with E-state index in [1.807, 2.05) is 12.3 Å². The highest BCUT2D eigenvalue weighted by Gasteiger charge is 2.20. The zero-order chi connectivity index (χ0) is 13.1. The molecular formula is C15H17BrN2O. The van der Waals surface area contributed by atoms with Crippen molar-refractivity contribution in [2.24, 2.45) is 0 Å². The summed E-state index contributed by atoms with van der Waals surface area (Å²) in [5.41, 5.74) is 2.42. The normalized spacial score (nSPS) is 20.8. The number of alkyl halides is 1. The number of pyridine rings is 1. The monoisotopic (exact) mass is 320 g/mol. The van der Waals surface area contributed by atoms with E-state index in [1.165, 1.54) is 10.9 Å².